The van der Waals surface area contributed by atoms with Gasteiger partial charge >= 0.3 is 0 Å². The molecule has 0 spiro atoms. The minimum atomic E-state index is -0.450. The van der Waals surface area contributed by atoms with Crippen LogP contribution in [-0.4, -0.2) is 22.6 Å². The van der Waals surface area contributed by atoms with E-state index in [4.69, 9.17) is 10.8 Å². The first-order valence-electron chi connectivity index (χ1n) is 4.51. The van der Waals surface area contributed by atoms with E-state index in [1.54, 1.807) is 12.1 Å². The molecule has 0 unspecified atom stereocenters. The van der Waals surface area contributed by atoms with Crippen LogP contribution in [0.5, 0.6) is 0 Å². The van der Waals surface area contributed by atoms with Gasteiger partial charge in [-0.2, -0.15) is 0 Å². The third kappa shape index (κ3) is 1.98. The van der Waals surface area contributed by atoms with Crippen molar-refractivity contribution in [3.63, 3.8) is 0 Å². The van der Waals surface area contributed by atoms with Crippen LogP contribution in [0.3, 0.4) is 0 Å². The Hall–Kier alpha value is -1.46. The largest absolute Gasteiger partial charge is 0.396 e. The van der Waals surface area contributed by atoms with Crippen molar-refractivity contribution in [2.24, 2.45) is 5.73 Å². The molecule has 4 nitrogen and oxygen atoms in total. The number of hydrogen-bond acceptors (Lipinski definition) is 4. The van der Waals surface area contributed by atoms with E-state index < -0.39 is 5.91 Å². The number of benzene rings is 1. The van der Waals surface area contributed by atoms with Gasteiger partial charge in [0, 0.05) is 18.6 Å². The molecular formula is C10H10N2O2S. The summed E-state index contributed by atoms with van der Waals surface area (Å²) in [6, 6.07) is 5.19. The predicted molar refractivity (Wildman–Crippen MR) is 58.9 cm³/mol. The molecule has 0 bridgehead atoms. The fourth-order valence-electron chi connectivity index (χ4n) is 1.33. The fraction of sp³-hybridized carbons (Fsp3) is 0.200. The van der Waals surface area contributed by atoms with Crippen LogP contribution < -0.4 is 5.73 Å². The van der Waals surface area contributed by atoms with Gasteiger partial charge in [0.15, 0.2) is 0 Å². The number of aliphatic hydroxyl groups excluding tert-OH is 1. The lowest BCUT2D eigenvalue weighted by Gasteiger charge is -1.93. The van der Waals surface area contributed by atoms with E-state index in [1.165, 1.54) is 11.3 Å². The number of aromatic nitrogens is 1. The van der Waals surface area contributed by atoms with Crippen LogP contribution >= 0.6 is 11.3 Å². The molecule has 1 amide bonds. The van der Waals surface area contributed by atoms with Crippen molar-refractivity contribution in [2.45, 2.75) is 6.42 Å². The number of nitrogens with two attached hydrogens (primary N) is 1. The molecule has 3 N–H and O–H groups in total. The number of carbonyl (C=O) groups excluding carboxylic acids is 1. The highest BCUT2D eigenvalue weighted by Crippen LogP contribution is 2.23. The second-order valence-corrected chi connectivity index (χ2v) is 4.24. The van der Waals surface area contributed by atoms with E-state index >= 15 is 0 Å². The normalized spacial score (nSPS) is 10.7. The highest BCUT2D eigenvalue weighted by Gasteiger charge is 2.06. The van der Waals surface area contributed by atoms with E-state index in [0.29, 0.717) is 12.0 Å². The van der Waals surface area contributed by atoms with Crippen LogP contribution in [0.4, 0.5) is 0 Å². The average molecular weight is 222 g/mol. The standard InChI is InChI=1S/C10H10N2O2S/c11-10(14)6-1-2-8-7(5-6)12-9(15-8)3-4-13/h1-2,5,13H,3-4H2,(H2,11,14). The molecule has 0 saturated carbocycles. The lowest BCUT2D eigenvalue weighted by atomic mass is 10.2. The van der Waals surface area contributed by atoms with Crippen molar-refractivity contribution in [1.29, 1.82) is 0 Å². The van der Waals surface area contributed by atoms with Gasteiger partial charge in [0.1, 0.15) is 0 Å². The lowest BCUT2D eigenvalue weighted by molar-refractivity contribution is 0.100. The van der Waals surface area contributed by atoms with Crippen molar-refractivity contribution in [3.05, 3.63) is 28.8 Å². The summed E-state index contributed by atoms with van der Waals surface area (Å²) in [4.78, 5) is 15.2. The van der Waals surface area contributed by atoms with Crippen LogP contribution in [0.15, 0.2) is 18.2 Å². The Balaban J connectivity index is 2.47. The molecule has 1 aromatic carbocycles. The summed E-state index contributed by atoms with van der Waals surface area (Å²) < 4.78 is 1.00. The molecule has 0 fully saturated rings. The molecule has 1 heterocycles. The molecule has 2 rings (SSSR count). The fourth-order valence-corrected chi connectivity index (χ4v) is 2.27. The van der Waals surface area contributed by atoms with Gasteiger partial charge in [-0.05, 0) is 18.2 Å². The minimum absolute atomic E-state index is 0.0858. The molecule has 0 aliphatic rings. The van der Waals surface area contributed by atoms with E-state index in [1.807, 2.05) is 6.07 Å². The molecular weight excluding hydrogens is 212 g/mol. The number of thiazole rings is 1. The quantitative estimate of drug-likeness (QED) is 0.811. The topological polar surface area (TPSA) is 76.2 Å². The Morgan fingerprint density at radius 2 is 2.33 bits per heavy atom. The third-order valence-corrected chi connectivity index (χ3v) is 3.14. The molecule has 15 heavy (non-hydrogen) atoms. The first kappa shape index (κ1) is 10.1. The monoisotopic (exact) mass is 222 g/mol. The zero-order chi connectivity index (χ0) is 10.8. The van der Waals surface area contributed by atoms with E-state index in [9.17, 15) is 4.79 Å². The van der Waals surface area contributed by atoms with Crippen molar-refractivity contribution in [1.82, 2.24) is 4.98 Å². The average Bonchev–Trinajstić information content (AvgIpc) is 2.59. The number of aliphatic hydroxyl groups is 1. The zero-order valence-electron chi connectivity index (χ0n) is 7.93. The predicted octanol–water partition coefficient (Wildman–Crippen LogP) is 0.930. The summed E-state index contributed by atoms with van der Waals surface area (Å²) in [6.07, 6.45) is 0.547. The molecule has 0 aliphatic heterocycles. The maximum Gasteiger partial charge on any atom is 0.248 e. The van der Waals surface area contributed by atoms with Crippen LogP contribution in [0.1, 0.15) is 15.4 Å². The highest BCUT2D eigenvalue weighted by molar-refractivity contribution is 7.18. The Kier molecular flexibility index (Phi) is 2.66. The number of carbonyl (C=O) groups is 1. The van der Waals surface area contributed by atoms with Crippen LogP contribution in [0.2, 0.25) is 0 Å². The van der Waals surface area contributed by atoms with E-state index in [2.05, 4.69) is 4.98 Å². The number of primary amides is 1. The van der Waals surface area contributed by atoms with Crippen molar-refractivity contribution in [3.8, 4) is 0 Å². The summed E-state index contributed by atoms with van der Waals surface area (Å²) in [7, 11) is 0. The second-order valence-electron chi connectivity index (χ2n) is 3.13. The van der Waals surface area contributed by atoms with Gasteiger partial charge in [-0.3, -0.25) is 4.79 Å². The number of amides is 1. The third-order valence-electron chi connectivity index (χ3n) is 2.04. The Morgan fingerprint density at radius 3 is 3.00 bits per heavy atom. The van der Waals surface area contributed by atoms with Gasteiger partial charge < -0.3 is 10.8 Å². The van der Waals surface area contributed by atoms with Crippen LogP contribution in [0, 0.1) is 0 Å². The Labute approximate surface area is 90.4 Å². The van der Waals surface area contributed by atoms with Gasteiger partial charge in [0.2, 0.25) is 5.91 Å². The molecule has 0 saturated heterocycles. The van der Waals surface area contributed by atoms with Gasteiger partial charge in [0.25, 0.3) is 0 Å². The van der Waals surface area contributed by atoms with Crippen LogP contribution in [-0.2, 0) is 6.42 Å². The number of hydrogen-bond donors (Lipinski definition) is 2. The smallest absolute Gasteiger partial charge is 0.248 e. The van der Waals surface area contributed by atoms with Gasteiger partial charge in [0.05, 0.1) is 15.2 Å². The van der Waals surface area contributed by atoms with Gasteiger partial charge in [-0.1, -0.05) is 0 Å². The Bertz CT molecular complexity index is 507. The summed E-state index contributed by atoms with van der Waals surface area (Å²) in [5, 5.41) is 9.65. The molecule has 0 aliphatic carbocycles. The highest BCUT2D eigenvalue weighted by atomic mass is 32.1. The molecule has 1 aromatic heterocycles. The number of nitrogens with zero attached hydrogens (tertiary/aromatic N) is 1. The summed E-state index contributed by atoms with van der Waals surface area (Å²) >= 11 is 1.52. The Morgan fingerprint density at radius 1 is 1.53 bits per heavy atom. The molecule has 0 atom stereocenters. The van der Waals surface area contributed by atoms with Crippen molar-refractivity contribution >= 4 is 27.5 Å². The SMILES string of the molecule is NC(=O)c1ccc2sc(CCO)nc2c1. The molecule has 78 valence electrons. The van der Waals surface area contributed by atoms with E-state index in [-0.39, 0.29) is 6.61 Å². The van der Waals surface area contributed by atoms with E-state index in [0.717, 1.165) is 15.2 Å². The maximum absolute atomic E-state index is 10.9. The second kappa shape index (κ2) is 3.96. The van der Waals surface area contributed by atoms with Gasteiger partial charge in [-0.15, -0.1) is 11.3 Å². The first-order chi connectivity index (χ1) is 7.20. The maximum atomic E-state index is 10.9. The zero-order valence-corrected chi connectivity index (χ0v) is 8.75. The first-order valence-corrected chi connectivity index (χ1v) is 5.32. The summed E-state index contributed by atoms with van der Waals surface area (Å²) in [5.74, 6) is -0.450. The summed E-state index contributed by atoms with van der Waals surface area (Å²) in [6.45, 7) is 0.0858. The lowest BCUT2D eigenvalue weighted by Crippen LogP contribution is -2.10. The number of rotatable bonds is 3. The van der Waals surface area contributed by atoms with Gasteiger partial charge in [-0.25, -0.2) is 4.98 Å². The van der Waals surface area contributed by atoms with Crippen molar-refractivity contribution in [2.75, 3.05) is 6.61 Å². The summed E-state index contributed by atoms with van der Waals surface area (Å²) in [5.41, 5.74) is 6.39. The van der Waals surface area contributed by atoms with Crippen LogP contribution in [0.25, 0.3) is 10.2 Å². The number of fused-ring (bicyclic) bond motifs is 1. The van der Waals surface area contributed by atoms with Crippen molar-refractivity contribution < 1.29 is 9.90 Å². The molecule has 5 heteroatoms. The molecule has 2 aromatic rings. The molecule has 0 radical (unpaired) electrons. The minimum Gasteiger partial charge on any atom is -0.396 e.